The van der Waals surface area contributed by atoms with Crippen molar-refractivity contribution in [3.63, 3.8) is 0 Å². The Morgan fingerprint density at radius 1 is 1.12 bits per heavy atom. The molecule has 2 heterocycles. The summed E-state index contributed by atoms with van der Waals surface area (Å²) in [6.07, 6.45) is -0.796. The van der Waals surface area contributed by atoms with Gasteiger partial charge in [0.2, 0.25) is 0 Å². The number of benzene rings is 2. The molecule has 2 aromatic carbocycles. The highest BCUT2D eigenvalue weighted by atomic mass is 35.5. The lowest BCUT2D eigenvalue weighted by Crippen LogP contribution is -2.29. The third kappa shape index (κ3) is 4.85. The lowest BCUT2D eigenvalue weighted by Gasteiger charge is -2.26. The number of H-pyrrole nitrogens is 1. The molecule has 1 amide bonds. The van der Waals surface area contributed by atoms with Crippen LogP contribution in [0, 0.1) is 0 Å². The van der Waals surface area contributed by atoms with Crippen LogP contribution in [0.2, 0.25) is 5.02 Å². The summed E-state index contributed by atoms with van der Waals surface area (Å²) in [5, 5.41) is 3.28. The molecule has 1 aliphatic rings. The minimum absolute atomic E-state index is 0.0399. The van der Waals surface area contributed by atoms with Crippen molar-refractivity contribution in [2.45, 2.75) is 44.8 Å². The van der Waals surface area contributed by atoms with Crippen molar-refractivity contribution in [2.75, 3.05) is 18.0 Å². The molecular weight excluding hydrogens is 441 g/mol. The van der Waals surface area contributed by atoms with E-state index in [2.05, 4.69) is 15.3 Å². The number of fused-ring (bicyclic) bond motifs is 1. The molecule has 1 aromatic heterocycles. The Bertz CT molecular complexity index is 1120. The number of alkyl halides is 3. The topological polar surface area (TPSA) is 61.0 Å². The molecule has 0 bridgehead atoms. The van der Waals surface area contributed by atoms with E-state index in [1.54, 1.807) is 30.0 Å². The minimum atomic E-state index is -4.55. The van der Waals surface area contributed by atoms with Gasteiger partial charge in [-0.05, 0) is 56.2 Å². The van der Waals surface area contributed by atoms with E-state index in [0.29, 0.717) is 29.5 Å². The number of hydrogen-bond acceptors (Lipinski definition) is 3. The van der Waals surface area contributed by atoms with Crippen LogP contribution in [-0.2, 0) is 6.18 Å². The predicted octanol–water partition coefficient (Wildman–Crippen LogP) is 6.11. The molecule has 170 valence electrons. The molecule has 1 aliphatic heterocycles. The first-order valence-electron chi connectivity index (χ1n) is 10.6. The van der Waals surface area contributed by atoms with E-state index in [0.717, 1.165) is 37.3 Å². The number of nitrogens with one attached hydrogen (secondary N) is 2. The van der Waals surface area contributed by atoms with E-state index < -0.39 is 23.7 Å². The maximum absolute atomic E-state index is 13.8. The lowest BCUT2D eigenvalue weighted by molar-refractivity contribution is -0.137. The maximum atomic E-state index is 13.8. The first-order valence-corrected chi connectivity index (χ1v) is 11.0. The SMILES string of the molecule is CC(NC(=O)c1ccc(N2CCCCCC2)c(C(F)(F)F)c1)c1nc2ccc(Cl)cc2[nH]1. The van der Waals surface area contributed by atoms with E-state index >= 15 is 0 Å². The van der Waals surface area contributed by atoms with Crippen LogP contribution in [0.3, 0.4) is 0 Å². The van der Waals surface area contributed by atoms with Crippen molar-refractivity contribution in [1.29, 1.82) is 0 Å². The second kappa shape index (κ2) is 9.02. The Labute approximate surface area is 189 Å². The quantitative estimate of drug-likeness (QED) is 0.490. The number of carbonyl (C=O) groups is 1. The summed E-state index contributed by atoms with van der Waals surface area (Å²) in [5.74, 6) is -0.100. The van der Waals surface area contributed by atoms with Crippen molar-refractivity contribution in [3.05, 3.63) is 58.4 Å². The fraction of sp³-hybridized carbons (Fsp3) is 0.391. The summed E-state index contributed by atoms with van der Waals surface area (Å²) in [6.45, 7) is 2.89. The Kier molecular flexibility index (Phi) is 6.33. The van der Waals surface area contributed by atoms with Gasteiger partial charge in [-0.2, -0.15) is 13.2 Å². The van der Waals surface area contributed by atoms with E-state index in [1.165, 1.54) is 12.1 Å². The molecule has 1 atom stereocenters. The number of rotatable bonds is 4. The lowest BCUT2D eigenvalue weighted by atomic mass is 10.1. The van der Waals surface area contributed by atoms with Crippen molar-refractivity contribution >= 4 is 34.2 Å². The van der Waals surface area contributed by atoms with E-state index in [9.17, 15) is 18.0 Å². The third-order valence-electron chi connectivity index (χ3n) is 5.73. The Morgan fingerprint density at radius 2 is 1.84 bits per heavy atom. The molecule has 4 rings (SSSR count). The second-order valence-corrected chi connectivity index (χ2v) is 8.55. The standard InChI is InChI=1S/C23H24ClF3N4O/c1-14(21-29-18-8-7-16(24)13-19(18)30-21)28-22(32)15-6-9-20(17(12-15)23(25,26)27)31-10-4-2-3-5-11-31/h6-9,12-14H,2-5,10-11H2,1H3,(H,28,32)(H,29,30). The molecule has 1 fully saturated rings. The molecule has 5 nitrogen and oxygen atoms in total. The number of amides is 1. The van der Waals surface area contributed by atoms with Crippen LogP contribution >= 0.6 is 11.6 Å². The normalized spacial score (nSPS) is 16.1. The molecular formula is C23H24ClF3N4O. The van der Waals surface area contributed by atoms with Gasteiger partial charge in [-0.1, -0.05) is 24.4 Å². The van der Waals surface area contributed by atoms with Gasteiger partial charge in [0.15, 0.2) is 0 Å². The van der Waals surface area contributed by atoms with Gasteiger partial charge in [-0.25, -0.2) is 4.98 Å². The van der Waals surface area contributed by atoms with Gasteiger partial charge in [0.25, 0.3) is 5.91 Å². The van der Waals surface area contributed by atoms with E-state index in [1.807, 2.05) is 0 Å². The highest BCUT2D eigenvalue weighted by molar-refractivity contribution is 6.31. The van der Waals surface area contributed by atoms with Crippen LogP contribution in [0.25, 0.3) is 11.0 Å². The van der Waals surface area contributed by atoms with E-state index in [4.69, 9.17) is 11.6 Å². The number of hydrogen-bond donors (Lipinski definition) is 2. The Hall–Kier alpha value is -2.74. The summed E-state index contributed by atoms with van der Waals surface area (Å²) in [6, 6.07) is 8.46. The Balaban J connectivity index is 1.57. The smallest absolute Gasteiger partial charge is 0.371 e. The fourth-order valence-corrected chi connectivity index (χ4v) is 4.22. The van der Waals surface area contributed by atoms with Crippen LogP contribution in [0.15, 0.2) is 36.4 Å². The van der Waals surface area contributed by atoms with Gasteiger partial charge in [-0.15, -0.1) is 0 Å². The van der Waals surface area contributed by atoms with Crippen molar-refractivity contribution < 1.29 is 18.0 Å². The monoisotopic (exact) mass is 464 g/mol. The summed E-state index contributed by atoms with van der Waals surface area (Å²) < 4.78 is 41.5. The predicted molar refractivity (Wildman–Crippen MR) is 119 cm³/mol. The van der Waals surface area contributed by atoms with Gasteiger partial charge in [0.05, 0.1) is 22.6 Å². The minimum Gasteiger partial charge on any atom is -0.371 e. The number of nitrogens with zero attached hydrogens (tertiary/aromatic N) is 2. The first kappa shape index (κ1) is 22.5. The second-order valence-electron chi connectivity index (χ2n) is 8.11. The van der Waals surface area contributed by atoms with Crippen LogP contribution in [0.1, 0.15) is 60.4 Å². The van der Waals surface area contributed by atoms with Gasteiger partial charge < -0.3 is 15.2 Å². The fourth-order valence-electron chi connectivity index (χ4n) is 4.05. The average molecular weight is 465 g/mol. The van der Waals surface area contributed by atoms with Gasteiger partial charge in [0.1, 0.15) is 5.82 Å². The average Bonchev–Trinajstić information content (AvgIpc) is 2.98. The number of halogens is 4. The van der Waals surface area contributed by atoms with Crippen LogP contribution in [-0.4, -0.2) is 29.0 Å². The number of imidazole rings is 1. The van der Waals surface area contributed by atoms with E-state index in [-0.39, 0.29) is 11.3 Å². The zero-order valence-corrected chi connectivity index (χ0v) is 18.4. The largest absolute Gasteiger partial charge is 0.418 e. The third-order valence-corrected chi connectivity index (χ3v) is 5.97. The molecule has 1 unspecified atom stereocenters. The molecule has 9 heteroatoms. The maximum Gasteiger partial charge on any atom is 0.418 e. The van der Waals surface area contributed by atoms with Crippen molar-refractivity contribution in [3.8, 4) is 0 Å². The number of aromatic nitrogens is 2. The van der Waals surface area contributed by atoms with Crippen molar-refractivity contribution in [1.82, 2.24) is 15.3 Å². The van der Waals surface area contributed by atoms with Gasteiger partial charge >= 0.3 is 6.18 Å². The number of carbonyl (C=O) groups excluding carboxylic acids is 1. The van der Waals surface area contributed by atoms with Gasteiger partial charge in [-0.3, -0.25) is 4.79 Å². The molecule has 0 radical (unpaired) electrons. The molecule has 0 spiro atoms. The van der Waals surface area contributed by atoms with Gasteiger partial charge in [0, 0.05) is 29.4 Å². The number of aromatic amines is 1. The summed E-state index contributed by atoms with van der Waals surface area (Å²) in [5.41, 5.74) is 0.722. The Morgan fingerprint density at radius 3 is 2.53 bits per heavy atom. The molecule has 32 heavy (non-hydrogen) atoms. The van der Waals surface area contributed by atoms with Crippen LogP contribution in [0.4, 0.5) is 18.9 Å². The molecule has 1 saturated heterocycles. The highest BCUT2D eigenvalue weighted by Gasteiger charge is 2.36. The molecule has 2 N–H and O–H groups in total. The van der Waals surface area contributed by atoms with Crippen LogP contribution in [0.5, 0.6) is 0 Å². The van der Waals surface area contributed by atoms with Crippen molar-refractivity contribution in [2.24, 2.45) is 0 Å². The van der Waals surface area contributed by atoms with Crippen LogP contribution < -0.4 is 10.2 Å². The molecule has 3 aromatic rings. The summed E-state index contributed by atoms with van der Waals surface area (Å²) in [4.78, 5) is 22.1. The molecule has 0 saturated carbocycles. The number of anilines is 1. The summed E-state index contributed by atoms with van der Waals surface area (Å²) in [7, 11) is 0. The highest BCUT2D eigenvalue weighted by Crippen LogP contribution is 2.38. The first-order chi connectivity index (χ1) is 15.2. The zero-order valence-electron chi connectivity index (χ0n) is 17.6. The summed E-state index contributed by atoms with van der Waals surface area (Å²) >= 11 is 5.99. The zero-order chi connectivity index (χ0) is 22.9. The molecule has 0 aliphatic carbocycles.